The fourth-order valence-corrected chi connectivity index (χ4v) is 3.80. The second-order valence-corrected chi connectivity index (χ2v) is 8.02. The third-order valence-corrected chi connectivity index (χ3v) is 5.77. The van der Waals surface area contributed by atoms with Gasteiger partial charge < -0.3 is 15.2 Å². The van der Waals surface area contributed by atoms with E-state index in [-0.39, 0.29) is 5.54 Å². The van der Waals surface area contributed by atoms with Crippen molar-refractivity contribution in [3.63, 3.8) is 0 Å². The van der Waals surface area contributed by atoms with Crippen molar-refractivity contribution >= 4 is 11.8 Å². The minimum absolute atomic E-state index is 0.370. The largest absolute Gasteiger partial charge is 0.490 e. The molecule has 178 valence electrons. The zero-order valence-electron chi connectivity index (χ0n) is 18.7. The van der Waals surface area contributed by atoms with Crippen molar-refractivity contribution in [2.75, 3.05) is 6.61 Å². The molecule has 1 aliphatic heterocycles. The molecule has 0 saturated heterocycles. The lowest BCUT2D eigenvalue weighted by Crippen LogP contribution is -2.50. The molecule has 3 aromatic rings. The Morgan fingerprint density at radius 1 is 0.882 bits per heavy atom. The number of nitrogens with zero attached hydrogens (tertiary/aromatic N) is 1. The molecule has 1 aliphatic rings. The number of hydrogen-bond donors (Lipinski definition) is 2. The van der Waals surface area contributed by atoms with Gasteiger partial charge in [-0.05, 0) is 37.1 Å². The van der Waals surface area contributed by atoms with E-state index in [1.54, 1.807) is 0 Å². The molecule has 0 fully saturated rings. The Balaban J connectivity index is 0.000000406. The van der Waals surface area contributed by atoms with Crippen molar-refractivity contribution in [3.8, 4) is 5.75 Å². The molecule has 0 unspecified atom stereocenters. The Kier molecular flexibility index (Phi) is 7.29. The highest BCUT2D eigenvalue weighted by Crippen LogP contribution is 2.46. The maximum atomic E-state index is 10.6. The average Bonchev–Trinajstić information content (AvgIpc) is 3.11. The Morgan fingerprint density at radius 3 is 1.79 bits per heavy atom. The maximum Gasteiger partial charge on any atom is 0.490 e. The van der Waals surface area contributed by atoms with Crippen LogP contribution >= 0.6 is 0 Å². The lowest BCUT2D eigenvalue weighted by atomic mass is 9.72. The predicted octanol–water partition coefficient (Wildman–Crippen LogP) is 5.53. The summed E-state index contributed by atoms with van der Waals surface area (Å²) in [7, 11) is 0. The molecule has 0 aliphatic carbocycles. The highest BCUT2D eigenvalue weighted by atomic mass is 19.4. The number of halogens is 3. The fourth-order valence-electron chi connectivity index (χ4n) is 3.80. The van der Waals surface area contributed by atoms with Gasteiger partial charge in [0, 0.05) is 0 Å². The second kappa shape index (κ2) is 9.99. The number of alkyl halides is 3. The highest BCUT2D eigenvalue weighted by Gasteiger charge is 2.52. The van der Waals surface area contributed by atoms with Gasteiger partial charge in [-0.3, -0.25) is 4.99 Å². The number of nitrogens with one attached hydrogen (secondary N) is 1. The van der Waals surface area contributed by atoms with Crippen LogP contribution in [0.25, 0.3) is 0 Å². The molecular formula is C26H25F3N2O3. The summed E-state index contributed by atoms with van der Waals surface area (Å²) in [4.78, 5) is 14.0. The lowest BCUT2D eigenvalue weighted by molar-refractivity contribution is -0.192. The van der Waals surface area contributed by atoms with Crippen LogP contribution in [0.4, 0.5) is 13.2 Å². The van der Waals surface area contributed by atoms with Gasteiger partial charge in [-0.2, -0.15) is 13.2 Å². The first-order chi connectivity index (χ1) is 16.1. The number of amidine groups is 1. The van der Waals surface area contributed by atoms with Crippen LogP contribution in [0.5, 0.6) is 5.75 Å². The Bertz CT molecular complexity index is 1120. The monoisotopic (exact) mass is 470 g/mol. The Morgan fingerprint density at radius 2 is 1.32 bits per heavy atom. The number of ether oxygens (including phenoxy) is 1. The SMILES string of the molecule is C[C@@]1(c2ccccc2)N=C(COc2ccccc2)N[C@]1(C)c1ccccc1.O=C(O)C(F)(F)F. The van der Waals surface area contributed by atoms with E-state index in [1.165, 1.54) is 11.1 Å². The molecule has 3 aromatic carbocycles. The van der Waals surface area contributed by atoms with Crippen molar-refractivity contribution in [1.29, 1.82) is 0 Å². The molecule has 0 aromatic heterocycles. The van der Waals surface area contributed by atoms with Crippen molar-refractivity contribution in [2.24, 2.45) is 4.99 Å². The van der Waals surface area contributed by atoms with E-state index >= 15 is 0 Å². The summed E-state index contributed by atoms with van der Waals surface area (Å²) < 4.78 is 37.7. The average molecular weight is 470 g/mol. The van der Waals surface area contributed by atoms with Gasteiger partial charge in [0.1, 0.15) is 23.7 Å². The first-order valence-corrected chi connectivity index (χ1v) is 10.5. The number of carbonyl (C=O) groups is 1. The van der Waals surface area contributed by atoms with Crippen molar-refractivity contribution in [1.82, 2.24) is 5.32 Å². The molecular weight excluding hydrogens is 445 g/mol. The van der Waals surface area contributed by atoms with Gasteiger partial charge in [-0.15, -0.1) is 0 Å². The van der Waals surface area contributed by atoms with Gasteiger partial charge in [0.2, 0.25) is 0 Å². The van der Waals surface area contributed by atoms with Crippen LogP contribution in [0.1, 0.15) is 25.0 Å². The van der Waals surface area contributed by atoms with Gasteiger partial charge in [-0.25, -0.2) is 4.79 Å². The Labute approximate surface area is 195 Å². The van der Waals surface area contributed by atoms with Crippen molar-refractivity contribution in [2.45, 2.75) is 31.1 Å². The van der Waals surface area contributed by atoms with Crippen LogP contribution in [0, 0.1) is 0 Å². The molecule has 0 amide bonds. The van der Waals surface area contributed by atoms with Crippen LogP contribution in [-0.4, -0.2) is 29.7 Å². The smallest absolute Gasteiger partial charge is 0.486 e. The number of hydrogen-bond acceptors (Lipinski definition) is 4. The second-order valence-electron chi connectivity index (χ2n) is 8.02. The van der Waals surface area contributed by atoms with Gasteiger partial charge in [-0.1, -0.05) is 78.9 Å². The van der Waals surface area contributed by atoms with E-state index < -0.39 is 17.7 Å². The quantitative estimate of drug-likeness (QED) is 0.514. The summed E-state index contributed by atoms with van der Waals surface area (Å²) in [6, 6.07) is 30.8. The summed E-state index contributed by atoms with van der Waals surface area (Å²) in [5, 5.41) is 10.8. The van der Waals surface area contributed by atoms with Gasteiger partial charge >= 0.3 is 12.1 Å². The zero-order valence-corrected chi connectivity index (χ0v) is 18.7. The molecule has 0 saturated carbocycles. The molecule has 4 rings (SSSR count). The first kappa shape index (κ1) is 24.8. The van der Waals surface area contributed by atoms with E-state index in [1.807, 2.05) is 42.5 Å². The summed E-state index contributed by atoms with van der Waals surface area (Å²) in [6.07, 6.45) is -5.08. The number of rotatable bonds is 5. The first-order valence-electron chi connectivity index (χ1n) is 10.5. The predicted molar refractivity (Wildman–Crippen MR) is 124 cm³/mol. The van der Waals surface area contributed by atoms with Crippen molar-refractivity contribution < 1.29 is 27.8 Å². The molecule has 0 bridgehead atoms. The third-order valence-electron chi connectivity index (χ3n) is 5.77. The summed E-state index contributed by atoms with van der Waals surface area (Å²) in [5.41, 5.74) is 1.57. The van der Waals surface area contributed by atoms with Crippen LogP contribution in [0.3, 0.4) is 0 Å². The molecule has 5 nitrogen and oxygen atoms in total. The number of benzene rings is 3. The number of para-hydroxylation sites is 1. The topological polar surface area (TPSA) is 70.9 Å². The Hall–Kier alpha value is -3.81. The molecule has 1 heterocycles. The van der Waals surface area contributed by atoms with Crippen LogP contribution in [0.15, 0.2) is 96.0 Å². The number of carboxylic acids is 1. The normalized spacial score (nSPS) is 21.5. The number of aliphatic imine (C=N–C) groups is 1. The third kappa shape index (κ3) is 5.39. The van der Waals surface area contributed by atoms with E-state index in [9.17, 15) is 13.2 Å². The zero-order chi connectivity index (χ0) is 24.8. The molecule has 2 atom stereocenters. The minimum Gasteiger partial charge on any atom is -0.486 e. The molecule has 34 heavy (non-hydrogen) atoms. The minimum atomic E-state index is -5.08. The van der Waals surface area contributed by atoms with E-state index in [0.29, 0.717) is 6.61 Å². The summed E-state index contributed by atoms with van der Waals surface area (Å²) in [6.45, 7) is 4.82. The number of aliphatic carboxylic acids is 1. The van der Waals surface area contributed by atoms with Gasteiger partial charge in [0.15, 0.2) is 0 Å². The summed E-state index contributed by atoms with van der Waals surface area (Å²) in [5.74, 6) is -1.05. The standard InChI is InChI=1S/C24H24N2O.C2HF3O2/c1-23(19-12-6-3-7-13-19)24(2,20-14-8-4-9-15-20)26-22(25-23)18-27-21-16-10-5-11-17-21;3-2(4,5)1(6)7/h3-17H,18H2,1-2H3,(H,25,26);(H,6,7)/t23-,24+;. The fraction of sp³-hybridized carbons (Fsp3) is 0.231. The molecule has 0 spiro atoms. The maximum absolute atomic E-state index is 10.6. The van der Waals surface area contributed by atoms with E-state index in [2.05, 4.69) is 67.7 Å². The molecule has 8 heteroatoms. The van der Waals surface area contributed by atoms with E-state index in [4.69, 9.17) is 19.6 Å². The van der Waals surface area contributed by atoms with E-state index in [0.717, 1.165) is 11.6 Å². The van der Waals surface area contributed by atoms with Crippen molar-refractivity contribution in [3.05, 3.63) is 102 Å². The lowest BCUT2D eigenvalue weighted by Gasteiger charge is -2.40. The van der Waals surface area contributed by atoms with Gasteiger partial charge in [0.05, 0.1) is 5.54 Å². The van der Waals surface area contributed by atoms with Crippen LogP contribution in [0.2, 0.25) is 0 Å². The number of carboxylic acid groups (broad SMARTS) is 1. The summed E-state index contributed by atoms with van der Waals surface area (Å²) >= 11 is 0. The van der Waals surface area contributed by atoms with Crippen LogP contribution in [-0.2, 0) is 15.9 Å². The van der Waals surface area contributed by atoms with Crippen LogP contribution < -0.4 is 10.1 Å². The molecule has 2 N–H and O–H groups in total. The molecule has 0 radical (unpaired) electrons. The highest BCUT2D eigenvalue weighted by molar-refractivity contribution is 5.88. The van der Waals surface area contributed by atoms with Gasteiger partial charge in [0.25, 0.3) is 0 Å².